The number of allylic oxidation sites excluding steroid dienone is 1. The Balaban J connectivity index is 1.46. The summed E-state index contributed by atoms with van der Waals surface area (Å²) in [6.07, 6.45) is 8.27. The normalized spacial score (nSPS) is 44.3. The fourth-order valence-electron chi connectivity index (χ4n) is 12.4. The number of rotatable bonds is 8. The van der Waals surface area contributed by atoms with E-state index in [1.807, 2.05) is 6.92 Å². The van der Waals surface area contributed by atoms with Crippen LogP contribution in [-0.2, 0) is 14.3 Å². The van der Waals surface area contributed by atoms with E-state index in [4.69, 9.17) is 25.3 Å². The number of carboxylic acids is 1. The van der Waals surface area contributed by atoms with Crippen LogP contribution in [0.5, 0.6) is 0 Å². The van der Waals surface area contributed by atoms with Gasteiger partial charge < -0.3 is 20.3 Å². The molecule has 270 valence electrons. The van der Waals surface area contributed by atoms with Gasteiger partial charge in [-0.25, -0.2) is 9.67 Å². The molecule has 2 bridgehead atoms. The average molecular weight is 667 g/mol. The Bertz CT molecular complexity index is 1450. The fourth-order valence-corrected chi connectivity index (χ4v) is 12.4. The van der Waals surface area contributed by atoms with Crippen molar-refractivity contribution in [2.45, 2.75) is 139 Å². The second kappa shape index (κ2) is 11.6. The van der Waals surface area contributed by atoms with Crippen molar-refractivity contribution in [3.63, 3.8) is 0 Å². The number of nitrogens with two attached hydrogens (primary N) is 1. The minimum absolute atomic E-state index is 0.00612. The lowest BCUT2D eigenvalue weighted by atomic mass is 9.34. The van der Waals surface area contributed by atoms with Crippen LogP contribution in [-0.4, -0.2) is 57.3 Å². The molecule has 1 aromatic heterocycles. The van der Waals surface area contributed by atoms with Gasteiger partial charge in [0.05, 0.1) is 37.9 Å². The van der Waals surface area contributed by atoms with Crippen molar-refractivity contribution in [2.24, 2.45) is 68.3 Å². The van der Waals surface area contributed by atoms with Crippen LogP contribution in [0.2, 0.25) is 0 Å². The Hall–Kier alpha value is -1.77. The van der Waals surface area contributed by atoms with Crippen molar-refractivity contribution in [1.82, 2.24) is 14.8 Å². The maximum Gasteiger partial charge on any atom is 0.307 e. The van der Waals surface area contributed by atoms with E-state index in [9.17, 15) is 9.90 Å². The predicted octanol–water partition coefficient (Wildman–Crippen LogP) is 7.78. The smallest absolute Gasteiger partial charge is 0.307 e. The molecule has 0 amide bonds. The van der Waals surface area contributed by atoms with Crippen LogP contribution >= 0.6 is 0 Å². The molecule has 3 N–H and O–H groups in total. The van der Waals surface area contributed by atoms with Crippen LogP contribution in [0, 0.1) is 76.4 Å². The third-order valence-electron chi connectivity index (χ3n) is 16.2. The maximum atomic E-state index is 13.5. The predicted molar refractivity (Wildman–Crippen MR) is 189 cm³/mol. The molecule has 8 heteroatoms. The summed E-state index contributed by atoms with van der Waals surface area (Å²) in [6.45, 7) is 28.6. The maximum absolute atomic E-state index is 13.5. The van der Waals surface area contributed by atoms with Gasteiger partial charge in [-0.1, -0.05) is 74.0 Å². The lowest BCUT2D eigenvalue weighted by molar-refractivity contribution is -0.252. The third-order valence-corrected chi connectivity index (χ3v) is 16.2. The number of aromatic nitrogens is 3. The summed E-state index contributed by atoms with van der Waals surface area (Å²) < 4.78 is 15.9. The average Bonchev–Trinajstić information content (AvgIpc) is 3.33. The highest BCUT2D eigenvalue weighted by Gasteiger charge is 2.72. The molecule has 0 aromatic carbocycles. The number of aliphatic carboxylic acids is 1. The first kappa shape index (κ1) is 36.0. The Morgan fingerprint density at radius 2 is 1.79 bits per heavy atom. The van der Waals surface area contributed by atoms with E-state index in [-0.39, 0.29) is 45.1 Å². The van der Waals surface area contributed by atoms with E-state index in [1.165, 1.54) is 5.57 Å². The molecule has 2 heterocycles. The molecule has 0 spiro atoms. The summed E-state index contributed by atoms with van der Waals surface area (Å²) in [5.41, 5.74) is 6.79. The zero-order valence-electron chi connectivity index (χ0n) is 32.2. The molecule has 6 rings (SSSR count). The van der Waals surface area contributed by atoms with Crippen LogP contribution in [0.3, 0.4) is 0 Å². The summed E-state index contributed by atoms with van der Waals surface area (Å²) in [6, 6.07) is -0.00612. The van der Waals surface area contributed by atoms with Crippen LogP contribution in [0.15, 0.2) is 11.6 Å². The number of fused-ring (bicyclic) bond motifs is 3. The summed E-state index contributed by atoms with van der Waals surface area (Å²) in [5.74, 6) is 2.44. The Kier molecular flexibility index (Phi) is 8.73. The highest BCUT2D eigenvalue weighted by Crippen LogP contribution is 2.75. The first-order valence-corrected chi connectivity index (χ1v) is 19.0. The highest BCUT2D eigenvalue weighted by atomic mass is 16.5. The highest BCUT2D eigenvalue weighted by molar-refractivity contribution is 5.73. The monoisotopic (exact) mass is 667 g/mol. The van der Waals surface area contributed by atoms with Gasteiger partial charge in [-0.15, -0.1) is 0 Å². The summed E-state index contributed by atoms with van der Waals surface area (Å²) in [7, 11) is 0. The second-order valence-corrected chi connectivity index (χ2v) is 19.2. The van der Waals surface area contributed by atoms with Gasteiger partial charge in [-0.2, -0.15) is 5.10 Å². The molecule has 0 radical (unpaired) electrons. The lowest BCUT2D eigenvalue weighted by Crippen LogP contribution is -2.69. The molecule has 4 fully saturated rings. The van der Waals surface area contributed by atoms with Gasteiger partial charge in [-0.3, -0.25) is 4.79 Å². The third kappa shape index (κ3) is 4.87. The Morgan fingerprint density at radius 1 is 1.10 bits per heavy atom. The number of ether oxygens (including phenoxy) is 2. The van der Waals surface area contributed by atoms with Crippen molar-refractivity contribution in [3.05, 3.63) is 23.3 Å². The summed E-state index contributed by atoms with van der Waals surface area (Å²) in [5, 5.41) is 16.1. The largest absolute Gasteiger partial charge is 0.481 e. The first-order valence-electron chi connectivity index (χ1n) is 19.0. The molecule has 0 unspecified atom stereocenters. The molecule has 4 aliphatic carbocycles. The molecule has 1 aromatic rings. The van der Waals surface area contributed by atoms with Crippen molar-refractivity contribution in [3.8, 4) is 0 Å². The molecule has 1 aliphatic heterocycles. The van der Waals surface area contributed by atoms with Gasteiger partial charge >= 0.3 is 5.97 Å². The topological polar surface area (TPSA) is 112 Å². The minimum Gasteiger partial charge on any atom is -0.481 e. The molecule has 8 nitrogen and oxygen atoms in total. The van der Waals surface area contributed by atoms with E-state index in [2.05, 4.69) is 86.9 Å². The number of aryl methyl sites for hydroxylation is 2. The number of carbonyl (C=O) groups is 1. The number of nitrogens with zero attached hydrogens (tertiary/aromatic N) is 3. The molecular formula is C40H66N4O4. The van der Waals surface area contributed by atoms with Crippen LogP contribution in [0.1, 0.15) is 125 Å². The summed E-state index contributed by atoms with van der Waals surface area (Å²) in [4.78, 5) is 18.2. The van der Waals surface area contributed by atoms with Crippen molar-refractivity contribution >= 4 is 5.97 Å². The molecule has 3 saturated carbocycles. The van der Waals surface area contributed by atoms with E-state index in [1.54, 1.807) is 0 Å². The molecule has 1 saturated heterocycles. The van der Waals surface area contributed by atoms with E-state index in [0.29, 0.717) is 43.5 Å². The number of hydrogen-bond donors (Lipinski definition) is 2. The molecule has 48 heavy (non-hydrogen) atoms. The fraction of sp³-hybridized carbons (Fsp3) is 0.875. The van der Waals surface area contributed by atoms with Crippen LogP contribution in [0.25, 0.3) is 0 Å². The van der Waals surface area contributed by atoms with Gasteiger partial charge in [0.25, 0.3) is 0 Å². The van der Waals surface area contributed by atoms with Gasteiger partial charge in [0.1, 0.15) is 11.6 Å². The second-order valence-electron chi connectivity index (χ2n) is 19.2. The SMILES string of the molecule is Cc1nc(C)n([C@@H]2C[C@@]34COC[C@@](C)([C@@H]3CC[C@H]3C4=CC[C@@]4(C)[C@H](C(=O)O)[C@@](C)([C@H](C)C(C)C)CC[C@]34C)[C@H]2OC[C@](C)(N)C(C)C)n1. The zero-order chi connectivity index (χ0) is 35.4. The molecule has 12 atom stereocenters. The van der Waals surface area contributed by atoms with Gasteiger partial charge in [-0.05, 0) is 105 Å². The van der Waals surface area contributed by atoms with Crippen LogP contribution < -0.4 is 5.73 Å². The van der Waals surface area contributed by atoms with E-state index in [0.717, 1.165) is 50.2 Å². The van der Waals surface area contributed by atoms with Gasteiger partial charge in [0.2, 0.25) is 0 Å². The Morgan fingerprint density at radius 3 is 2.38 bits per heavy atom. The van der Waals surface area contributed by atoms with E-state index >= 15 is 0 Å². The number of carboxylic acid groups (broad SMARTS) is 1. The quantitative estimate of drug-likeness (QED) is 0.273. The van der Waals surface area contributed by atoms with E-state index < -0.39 is 17.4 Å². The Labute approximate surface area is 290 Å². The standard InChI is InChI=1S/C40H66N4O4/c1-23(2)25(5)35(8)17-18-37(10)28-13-14-31-36(9)20-47-22-40(31,29(28)15-16-38(37,11)32(35)34(45)46)19-30(44-27(7)42-26(6)43-44)33(36)48-21-39(12,41)24(3)4/h15,23-25,28,30-33H,13-14,16-22,41H2,1-12H3,(H,45,46)/t25-,28+,30-,31+,32-,33+,35-,36+,37-,38+,39+,40+/m1/s1. The van der Waals surface area contributed by atoms with Gasteiger partial charge in [0.15, 0.2) is 0 Å². The zero-order valence-corrected chi connectivity index (χ0v) is 32.2. The van der Waals surface area contributed by atoms with Gasteiger partial charge in [0, 0.05) is 16.4 Å². The number of hydrogen-bond acceptors (Lipinski definition) is 6. The molecular weight excluding hydrogens is 600 g/mol. The molecule has 5 aliphatic rings. The van der Waals surface area contributed by atoms with Crippen LogP contribution in [0.4, 0.5) is 0 Å². The summed E-state index contributed by atoms with van der Waals surface area (Å²) >= 11 is 0. The minimum atomic E-state index is -0.612. The van der Waals surface area contributed by atoms with Crippen molar-refractivity contribution in [1.29, 1.82) is 0 Å². The van der Waals surface area contributed by atoms with Crippen molar-refractivity contribution < 1.29 is 19.4 Å². The first-order chi connectivity index (χ1) is 22.2. The lowest BCUT2D eigenvalue weighted by Gasteiger charge is -2.71. The van der Waals surface area contributed by atoms with Crippen molar-refractivity contribution in [2.75, 3.05) is 19.8 Å².